The Hall–Kier alpha value is -0.610. The minimum Gasteiger partial charge on any atom is -0.307 e. The number of likely N-dealkylation sites (N-methyl/N-ethyl adjacent to an activating group) is 1. The van der Waals surface area contributed by atoms with Crippen LogP contribution in [0.5, 0.6) is 0 Å². The van der Waals surface area contributed by atoms with Gasteiger partial charge in [0.1, 0.15) is 6.17 Å². The number of hydrogen-bond donors (Lipinski definition) is 1. The fourth-order valence-corrected chi connectivity index (χ4v) is 1.37. The second kappa shape index (κ2) is 2.21. The molecule has 1 unspecified atom stereocenters. The molecule has 0 aromatic rings. The first kappa shape index (κ1) is 6.12. The molecule has 1 atom stereocenters. The molecule has 0 spiro atoms. The first-order valence-electron chi connectivity index (χ1n) is 3.59. The maximum absolute atomic E-state index is 4.26. The molecule has 1 saturated heterocycles. The van der Waals surface area contributed by atoms with Gasteiger partial charge in [0.05, 0.1) is 6.34 Å². The van der Waals surface area contributed by atoms with Gasteiger partial charge in [-0.25, -0.2) is 0 Å². The predicted octanol–water partition coefficient (Wildman–Crippen LogP) is -0.894. The van der Waals surface area contributed by atoms with Crippen LogP contribution in [0.15, 0.2) is 4.99 Å². The van der Waals surface area contributed by atoms with Gasteiger partial charge in [0, 0.05) is 19.6 Å². The van der Waals surface area contributed by atoms with Gasteiger partial charge in [-0.2, -0.15) is 5.01 Å². The number of hydrogen-bond acceptors (Lipinski definition) is 4. The van der Waals surface area contributed by atoms with Gasteiger partial charge in [0.15, 0.2) is 0 Å². The van der Waals surface area contributed by atoms with Crippen molar-refractivity contribution in [2.45, 2.75) is 6.17 Å². The van der Waals surface area contributed by atoms with Crippen LogP contribution in [-0.2, 0) is 0 Å². The van der Waals surface area contributed by atoms with Crippen molar-refractivity contribution >= 4 is 6.34 Å². The topological polar surface area (TPSA) is 30.9 Å². The summed E-state index contributed by atoms with van der Waals surface area (Å²) in [5.74, 6) is 0. The highest BCUT2D eigenvalue weighted by atomic mass is 15.6. The van der Waals surface area contributed by atoms with E-state index in [0.717, 1.165) is 19.6 Å². The van der Waals surface area contributed by atoms with Crippen LogP contribution in [0.3, 0.4) is 0 Å². The Labute approximate surface area is 60.5 Å². The molecule has 4 heteroatoms. The molecule has 0 saturated carbocycles. The van der Waals surface area contributed by atoms with E-state index in [2.05, 4.69) is 27.4 Å². The van der Waals surface area contributed by atoms with Crippen LogP contribution in [0.2, 0.25) is 0 Å². The SMILES string of the molecule is CN1CCN2NC=NC2C1. The van der Waals surface area contributed by atoms with Gasteiger partial charge >= 0.3 is 0 Å². The first-order chi connectivity index (χ1) is 4.86. The lowest BCUT2D eigenvalue weighted by Crippen LogP contribution is -2.52. The van der Waals surface area contributed by atoms with Crippen LogP contribution >= 0.6 is 0 Å². The standard InChI is InChI=1S/C6H12N4/c1-9-2-3-10-6(4-9)7-5-8-10/h5-6H,2-4H2,1H3,(H,7,8). The van der Waals surface area contributed by atoms with Crippen LogP contribution in [0.25, 0.3) is 0 Å². The summed E-state index contributed by atoms with van der Waals surface area (Å²) >= 11 is 0. The van der Waals surface area contributed by atoms with E-state index in [-0.39, 0.29) is 0 Å². The smallest absolute Gasteiger partial charge is 0.133 e. The number of nitrogens with zero attached hydrogens (tertiary/aromatic N) is 3. The number of fused-ring (bicyclic) bond motifs is 1. The zero-order valence-corrected chi connectivity index (χ0v) is 6.12. The summed E-state index contributed by atoms with van der Waals surface area (Å²) in [6.07, 6.45) is 2.14. The van der Waals surface area contributed by atoms with Gasteiger partial charge in [-0.15, -0.1) is 0 Å². The van der Waals surface area contributed by atoms with Crippen molar-refractivity contribution in [2.75, 3.05) is 26.7 Å². The molecule has 10 heavy (non-hydrogen) atoms. The van der Waals surface area contributed by atoms with Crippen LogP contribution in [0, 0.1) is 0 Å². The van der Waals surface area contributed by atoms with Gasteiger partial charge in [0.25, 0.3) is 0 Å². The second-order valence-electron chi connectivity index (χ2n) is 2.84. The third-order valence-electron chi connectivity index (χ3n) is 2.03. The van der Waals surface area contributed by atoms with Gasteiger partial charge in [-0.1, -0.05) is 0 Å². The Kier molecular flexibility index (Phi) is 1.35. The van der Waals surface area contributed by atoms with Gasteiger partial charge < -0.3 is 10.3 Å². The van der Waals surface area contributed by atoms with E-state index in [1.807, 2.05) is 0 Å². The van der Waals surface area contributed by atoms with Crippen molar-refractivity contribution in [3.63, 3.8) is 0 Å². The van der Waals surface area contributed by atoms with Crippen molar-refractivity contribution in [1.29, 1.82) is 0 Å². The molecule has 0 aromatic heterocycles. The summed E-state index contributed by atoms with van der Waals surface area (Å²) in [5.41, 5.74) is 3.09. The fraction of sp³-hybridized carbons (Fsp3) is 0.833. The predicted molar refractivity (Wildman–Crippen MR) is 39.6 cm³/mol. The maximum Gasteiger partial charge on any atom is 0.133 e. The summed E-state index contributed by atoms with van der Waals surface area (Å²) in [4.78, 5) is 6.55. The zero-order valence-electron chi connectivity index (χ0n) is 6.12. The van der Waals surface area contributed by atoms with Crippen LogP contribution < -0.4 is 5.43 Å². The largest absolute Gasteiger partial charge is 0.307 e. The van der Waals surface area contributed by atoms with E-state index in [9.17, 15) is 0 Å². The highest BCUT2D eigenvalue weighted by Crippen LogP contribution is 2.08. The lowest BCUT2D eigenvalue weighted by atomic mass is 10.3. The van der Waals surface area contributed by atoms with Crippen molar-refractivity contribution in [1.82, 2.24) is 15.3 Å². The molecule has 1 N–H and O–H groups in total. The zero-order chi connectivity index (χ0) is 6.97. The highest BCUT2D eigenvalue weighted by Gasteiger charge is 2.26. The number of hydrazine groups is 1. The average molecular weight is 140 g/mol. The van der Waals surface area contributed by atoms with Crippen molar-refractivity contribution < 1.29 is 0 Å². The fourth-order valence-electron chi connectivity index (χ4n) is 1.37. The summed E-state index contributed by atoms with van der Waals surface area (Å²) in [6.45, 7) is 3.25. The molecule has 2 aliphatic heterocycles. The van der Waals surface area contributed by atoms with E-state index in [1.54, 1.807) is 6.34 Å². The molecule has 4 nitrogen and oxygen atoms in total. The van der Waals surface area contributed by atoms with E-state index < -0.39 is 0 Å². The number of piperazine rings is 1. The Bertz CT molecular complexity index is 156. The Morgan fingerprint density at radius 1 is 1.60 bits per heavy atom. The molecule has 0 bridgehead atoms. The van der Waals surface area contributed by atoms with Crippen molar-refractivity contribution in [2.24, 2.45) is 4.99 Å². The normalized spacial score (nSPS) is 33.9. The molecule has 0 radical (unpaired) electrons. The molecule has 1 fully saturated rings. The van der Waals surface area contributed by atoms with E-state index in [0.29, 0.717) is 6.17 Å². The van der Waals surface area contributed by atoms with Crippen LogP contribution in [-0.4, -0.2) is 49.1 Å². The molecule has 2 aliphatic rings. The molecule has 56 valence electrons. The van der Waals surface area contributed by atoms with E-state index in [1.165, 1.54) is 0 Å². The lowest BCUT2D eigenvalue weighted by molar-refractivity contribution is 0.0881. The minimum absolute atomic E-state index is 0.360. The summed E-state index contributed by atoms with van der Waals surface area (Å²) in [5, 5.41) is 2.17. The van der Waals surface area contributed by atoms with Crippen LogP contribution in [0.1, 0.15) is 0 Å². The summed E-state index contributed by atoms with van der Waals surface area (Å²) in [6, 6.07) is 0. The average Bonchev–Trinajstić information content (AvgIpc) is 2.33. The maximum atomic E-state index is 4.26. The molecule has 0 amide bonds. The Morgan fingerprint density at radius 2 is 2.50 bits per heavy atom. The third kappa shape index (κ3) is 0.892. The molecule has 0 aromatic carbocycles. The number of rotatable bonds is 0. The van der Waals surface area contributed by atoms with Crippen molar-refractivity contribution in [3.05, 3.63) is 0 Å². The van der Waals surface area contributed by atoms with E-state index in [4.69, 9.17) is 0 Å². The quantitative estimate of drug-likeness (QED) is 0.473. The monoisotopic (exact) mass is 140 g/mol. The van der Waals surface area contributed by atoms with Gasteiger partial charge in [-0.05, 0) is 7.05 Å². The summed E-state index contributed by atoms with van der Waals surface area (Å²) < 4.78 is 0. The first-order valence-corrected chi connectivity index (χ1v) is 3.59. The molecule has 2 rings (SSSR count). The van der Waals surface area contributed by atoms with Gasteiger partial charge in [0.2, 0.25) is 0 Å². The van der Waals surface area contributed by atoms with Gasteiger partial charge in [-0.3, -0.25) is 4.99 Å². The molecule has 2 heterocycles. The molecule has 0 aliphatic carbocycles. The number of nitrogens with one attached hydrogen (secondary N) is 1. The Morgan fingerprint density at radius 3 is 3.40 bits per heavy atom. The third-order valence-corrected chi connectivity index (χ3v) is 2.03. The number of aliphatic imine (C=N–C) groups is 1. The van der Waals surface area contributed by atoms with Crippen LogP contribution in [0.4, 0.5) is 0 Å². The second-order valence-corrected chi connectivity index (χ2v) is 2.84. The van der Waals surface area contributed by atoms with E-state index >= 15 is 0 Å². The Balaban J connectivity index is 2.01. The lowest BCUT2D eigenvalue weighted by Gasteiger charge is -2.33. The molecular weight excluding hydrogens is 128 g/mol. The highest BCUT2D eigenvalue weighted by molar-refractivity contribution is 5.55. The summed E-state index contributed by atoms with van der Waals surface area (Å²) in [7, 11) is 2.13. The molecular formula is C6H12N4. The minimum atomic E-state index is 0.360. The van der Waals surface area contributed by atoms with Crippen molar-refractivity contribution in [3.8, 4) is 0 Å².